The largest absolute Gasteiger partial charge is 0.472 e. The highest BCUT2D eigenvalue weighted by Gasteiger charge is 2.30. The molecule has 106 heavy (non-hydrogen) atoms. The first-order valence-electron chi connectivity index (χ1n) is 40.7. The number of unbranched alkanes of at least 4 members (excludes halogenated alkanes) is 23. The van der Waals surface area contributed by atoms with Crippen LogP contribution in [0.4, 0.5) is 0 Å². The molecule has 0 radical (unpaired) electrons. The number of phosphoric ester groups is 2. The summed E-state index contributed by atoms with van der Waals surface area (Å²) < 4.78 is 68.6. The summed E-state index contributed by atoms with van der Waals surface area (Å²) in [7, 11) is -9.99. The first-order valence-corrected chi connectivity index (χ1v) is 43.7. The Kier molecular flexibility index (Phi) is 73.9. The predicted molar refractivity (Wildman–Crippen MR) is 436 cm³/mol. The van der Waals surface area contributed by atoms with E-state index >= 15 is 0 Å². The minimum atomic E-state index is -5.00. The topological polar surface area (TPSA) is 237 Å². The Morgan fingerprint density at radius 2 is 0.491 bits per heavy atom. The highest BCUT2D eigenvalue weighted by molar-refractivity contribution is 7.47. The van der Waals surface area contributed by atoms with Crippen LogP contribution in [-0.2, 0) is 65.4 Å². The van der Waals surface area contributed by atoms with E-state index in [0.717, 1.165) is 212 Å². The van der Waals surface area contributed by atoms with Gasteiger partial charge in [-0.1, -0.05) is 276 Å². The molecule has 0 aromatic rings. The molecule has 0 aromatic heterocycles. The van der Waals surface area contributed by atoms with E-state index in [1.807, 2.05) is 0 Å². The third-order valence-corrected chi connectivity index (χ3v) is 18.4. The summed E-state index contributed by atoms with van der Waals surface area (Å²) in [6, 6.07) is 0. The van der Waals surface area contributed by atoms with Crippen molar-refractivity contribution in [3.05, 3.63) is 158 Å². The maximum Gasteiger partial charge on any atom is 0.472 e. The van der Waals surface area contributed by atoms with E-state index in [0.29, 0.717) is 25.7 Å². The van der Waals surface area contributed by atoms with Crippen molar-refractivity contribution in [3.63, 3.8) is 0 Å². The molecule has 0 fully saturated rings. The van der Waals surface area contributed by atoms with Crippen molar-refractivity contribution in [1.82, 2.24) is 0 Å². The molecule has 0 aromatic carbocycles. The average molecular weight is 1520 g/mol. The fourth-order valence-electron chi connectivity index (χ4n) is 10.4. The van der Waals surface area contributed by atoms with Crippen LogP contribution in [0.1, 0.15) is 310 Å². The Morgan fingerprint density at radius 3 is 0.755 bits per heavy atom. The van der Waals surface area contributed by atoms with Crippen LogP contribution in [0, 0.1) is 0 Å². The lowest BCUT2D eigenvalue weighted by Gasteiger charge is -2.21. The molecule has 0 saturated carbocycles. The van der Waals surface area contributed by atoms with E-state index in [2.05, 4.69) is 186 Å². The molecule has 0 rings (SSSR count). The van der Waals surface area contributed by atoms with Crippen LogP contribution >= 0.6 is 15.6 Å². The van der Waals surface area contributed by atoms with Gasteiger partial charge in [-0.05, 0) is 167 Å². The van der Waals surface area contributed by atoms with Gasteiger partial charge in [-0.3, -0.25) is 37.3 Å². The van der Waals surface area contributed by atoms with Gasteiger partial charge in [-0.2, -0.15) is 0 Å². The average Bonchev–Trinajstić information content (AvgIpc) is 0.907. The van der Waals surface area contributed by atoms with Gasteiger partial charge in [0, 0.05) is 25.7 Å². The van der Waals surface area contributed by atoms with E-state index in [1.54, 1.807) is 0 Å². The molecule has 5 unspecified atom stereocenters. The first kappa shape index (κ1) is 101. The second-order valence-corrected chi connectivity index (χ2v) is 29.5. The fourth-order valence-corrected chi connectivity index (χ4v) is 11.9. The van der Waals surface area contributed by atoms with Gasteiger partial charge >= 0.3 is 39.5 Å². The van der Waals surface area contributed by atoms with E-state index in [9.17, 15) is 43.2 Å². The maximum atomic E-state index is 13.1. The second kappa shape index (κ2) is 77.8. The number of phosphoric acid groups is 2. The monoisotopic (exact) mass is 1520 g/mol. The summed E-state index contributed by atoms with van der Waals surface area (Å²) in [5.41, 5.74) is 0. The van der Waals surface area contributed by atoms with Gasteiger partial charge in [-0.15, -0.1) is 0 Å². The SMILES string of the molecule is CC/C=C\C/C=C\C/C=C\C/C=C\CCCCCCC(=O)OC(COC(=O)CCCCCCCC/C=C\C/C=C\C/C=C\CCCCC)COP(=O)(O)OCC(O)COP(=O)(O)OCC(COC(=O)CCCCCCC/C=C\C/C=C\C/C=C\CC)OC(=O)CCCCCCC/C=C\C/C=C\C/C=C\CC. The van der Waals surface area contributed by atoms with Gasteiger partial charge in [0.2, 0.25) is 0 Å². The summed E-state index contributed by atoms with van der Waals surface area (Å²) in [5.74, 6) is -2.26. The lowest BCUT2D eigenvalue weighted by atomic mass is 10.1. The van der Waals surface area contributed by atoms with Crippen LogP contribution in [0.25, 0.3) is 0 Å². The zero-order valence-electron chi connectivity index (χ0n) is 66.1. The molecule has 0 aliphatic carbocycles. The quantitative estimate of drug-likeness (QED) is 0.0169. The molecular weight excluding hydrogens is 1380 g/mol. The third kappa shape index (κ3) is 76.9. The van der Waals surface area contributed by atoms with Crippen LogP contribution in [0.5, 0.6) is 0 Å². The Hall–Kier alpha value is -5.32. The minimum Gasteiger partial charge on any atom is -0.462 e. The first-order chi connectivity index (χ1) is 51.7. The fraction of sp³-hybridized carbons (Fsp3) is 0.655. The third-order valence-electron chi connectivity index (χ3n) is 16.5. The number of carbonyl (C=O) groups is 4. The molecule has 0 bridgehead atoms. The smallest absolute Gasteiger partial charge is 0.462 e. The number of allylic oxidation sites excluding steroid dienone is 26. The van der Waals surface area contributed by atoms with Crippen molar-refractivity contribution >= 4 is 39.5 Å². The Morgan fingerprint density at radius 1 is 0.274 bits per heavy atom. The normalized spacial score (nSPS) is 14.7. The van der Waals surface area contributed by atoms with E-state index in [1.165, 1.54) is 19.3 Å². The Labute approximate surface area is 642 Å². The van der Waals surface area contributed by atoms with Crippen LogP contribution in [0.2, 0.25) is 0 Å². The Balaban J connectivity index is 5.44. The maximum absolute atomic E-state index is 13.1. The Bertz CT molecular complexity index is 2630. The predicted octanol–water partition coefficient (Wildman–Crippen LogP) is 24.0. The number of hydrogen-bond acceptors (Lipinski definition) is 15. The molecule has 0 heterocycles. The lowest BCUT2D eigenvalue weighted by molar-refractivity contribution is -0.161. The molecule has 0 spiro atoms. The van der Waals surface area contributed by atoms with Gasteiger partial charge in [-0.25, -0.2) is 9.13 Å². The van der Waals surface area contributed by atoms with Gasteiger partial charge in [0.15, 0.2) is 12.2 Å². The van der Waals surface area contributed by atoms with Crippen molar-refractivity contribution in [1.29, 1.82) is 0 Å². The number of carbonyl (C=O) groups excluding carboxylic acids is 4. The summed E-state index contributed by atoms with van der Waals surface area (Å²) in [6.07, 6.45) is 90.7. The molecule has 3 N–H and O–H groups in total. The molecule has 0 aliphatic heterocycles. The van der Waals surface area contributed by atoms with Crippen LogP contribution in [-0.4, -0.2) is 96.7 Å². The van der Waals surface area contributed by atoms with Crippen molar-refractivity contribution in [2.45, 2.75) is 329 Å². The summed E-state index contributed by atoms with van der Waals surface area (Å²) in [5, 5.41) is 10.7. The molecule has 17 nitrogen and oxygen atoms in total. The number of esters is 4. The number of hydrogen-bond donors (Lipinski definition) is 3. The molecule has 604 valence electrons. The molecular formula is C87H144O17P2. The number of aliphatic hydroxyl groups excluding tert-OH is 1. The van der Waals surface area contributed by atoms with Gasteiger partial charge < -0.3 is 33.8 Å². The molecule has 5 atom stereocenters. The summed E-state index contributed by atoms with van der Waals surface area (Å²) in [4.78, 5) is 73.1. The number of ether oxygens (including phenoxy) is 4. The number of rotatable bonds is 75. The molecule has 0 aliphatic rings. The van der Waals surface area contributed by atoms with Crippen molar-refractivity contribution in [2.24, 2.45) is 0 Å². The van der Waals surface area contributed by atoms with Crippen molar-refractivity contribution in [3.8, 4) is 0 Å². The zero-order chi connectivity index (χ0) is 77.4. The summed E-state index contributed by atoms with van der Waals surface area (Å²) >= 11 is 0. The minimum absolute atomic E-state index is 0.0584. The second-order valence-electron chi connectivity index (χ2n) is 26.6. The van der Waals surface area contributed by atoms with Gasteiger partial charge in [0.1, 0.15) is 19.3 Å². The molecule has 0 saturated heterocycles. The van der Waals surface area contributed by atoms with Crippen LogP contribution in [0.3, 0.4) is 0 Å². The van der Waals surface area contributed by atoms with E-state index < -0.39 is 97.5 Å². The van der Waals surface area contributed by atoms with Crippen molar-refractivity contribution < 1.29 is 80.2 Å². The highest BCUT2D eigenvalue weighted by atomic mass is 31.2. The standard InChI is InChI=1S/C87H144O17P2/c1-5-9-13-17-21-25-29-33-37-39-40-42-45-48-52-56-60-64-68-72-85(90)98-78-83(104-87(92)74-70-66-62-58-54-50-46-41-38-34-30-26-22-18-14-10-6-2)80-102-106(95,96)100-76-81(88)75-99-105(93,94)101-79-82(103-86(91)73-69-65-61-57-53-49-44-36-32-28-24-20-16-12-8-4)77-97-84(89)71-67-63-59-55-51-47-43-35-31-27-23-19-15-11-7-3/h10-12,14-16,21-28,33-38,40,42-44,46,50,81-83,88H,5-9,13,17-20,29-32,39,41,45,47-49,51-80H2,1-4H3,(H,93,94)(H,95,96)/b14-10-,15-11-,16-12-,25-21-,26-22-,27-23-,28-24-,37-33-,38-34-,42-40-,43-35-,44-36-,50-46-. The number of aliphatic hydroxyl groups is 1. The van der Waals surface area contributed by atoms with Crippen LogP contribution < -0.4 is 0 Å². The molecule has 0 amide bonds. The molecule has 19 heteroatoms. The van der Waals surface area contributed by atoms with E-state index in [-0.39, 0.29) is 25.7 Å². The van der Waals surface area contributed by atoms with Gasteiger partial charge in [0.05, 0.1) is 26.4 Å². The van der Waals surface area contributed by atoms with E-state index in [4.69, 9.17) is 37.0 Å². The van der Waals surface area contributed by atoms with Crippen LogP contribution in [0.15, 0.2) is 158 Å². The van der Waals surface area contributed by atoms with Crippen molar-refractivity contribution in [2.75, 3.05) is 39.6 Å². The summed E-state index contributed by atoms with van der Waals surface area (Å²) in [6.45, 7) is 4.43. The zero-order valence-corrected chi connectivity index (χ0v) is 67.8. The highest BCUT2D eigenvalue weighted by Crippen LogP contribution is 2.45. The lowest BCUT2D eigenvalue weighted by Crippen LogP contribution is -2.30. The van der Waals surface area contributed by atoms with Gasteiger partial charge in [0.25, 0.3) is 0 Å².